The molecule has 23 heavy (non-hydrogen) atoms. The van der Waals surface area contributed by atoms with E-state index in [2.05, 4.69) is 9.72 Å². The van der Waals surface area contributed by atoms with Gasteiger partial charge in [-0.05, 0) is 24.1 Å². The molecule has 0 aliphatic heterocycles. The zero-order chi connectivity index (χ0) is 16.1. The van der Waals surface area contributed by atoms with Crippen molar-refractivity contribution in [2.75, 3.05) is 6.61 Å². The van der Waals surface area contributed by atoms with E-state index in [1.807, 2.05) is 13.8 Å². The summed E-state index contributed by atoms with van der Waals surface area (Å²) in [7, 11) is 0. The fourth-order valence-electron chi connectivity index (χ4n) is 1.74. The van der Waals surface area contributed by atoms with Crippen LogP contribution < -0.4 is 15.2 Å². The summed E-state index contributed by atoms with van der Waals surface area (Å²) in [6.07, 6.45) is 1.45. The molecular weight excluding hydrogens is 330 g/mol. The normalized spacial score (nSPS) is 10.7. The second-order valence-electron chi connectivity index (χ2n) is 5.09. The average molecular weight is 349 g/mol. The first kappa shape index (κ1) is 19.2. The summed E-state index contributed by atoms with van der Waals surface area (Å²) < 4.78 is 40.2. The molecule has 2 N–H and O–H groups in total. The van der Waals surface area contributed by atoms with Gasteiger partial charge in [0.1, 0.15) is 6.26 Å². The molecule has 0 atom stereocenters. The zero-order valence-corrected chi connectivity index (χ0v) is 13.6. The maximum absolute atomic E-state index is 12.4. The lowest BCUT2D eigenvalue weighted by Crippen LogP contribution is -2.08. The van der Waals surface area contributed by atoms with Crippen molar-refractivity contribution in [1.29, 1.82) is 0 Å². The summed E-state index contributed by atoms with van der Waals surface area (Å²) in [5, 5.41) is 0. The molecule has 2 aromatic rings. The van der Waals surface area contributed by atoms with Gasteiger partial charge in [-0.2, -0.15) is 8.78 Å². The monoisotopic (exact) mass is 348 g/mol. The van der Waals surface area contributed by atoms with Gasteiger partial charge in [-0.25, -0.2) is 4.98 Å². The highest BCUT2D eigenvalue weighted by molar-refractivity contribution is 5.85. The average Bonchev–Trinajstić information content (AvgIpc) is 2.94. The Labute approximate surface area is 139 Å². The molecule has 128 valence electrons. The van der Waals surface area contributed by atoms with Crippen molar-refractivity contribution in [2.45, 2.75) is 27.0 Å². The van der Waals surface area contributed by atoms with Crippen LogP contribution in [0.5, 0.6) is 11.5 Å². The number of benzene rings is 1. The third kappa shape index (κ3) is 5.37. The number of ether oxygens (including phenoxy) is 2. The molecule has 1 aromatic heterocycles. The van der Waals surface area contributed by atoms with Crippen LogP contribution in [0.4, 0.5) is 8.78 Å². The van der Waals surface area contributed by atoms with E-state index in [4.69, 9.17) is 14.9 Å². The van der Waals surface area contributed by atoms with Gasteiger partial charge in [0.2, 0.25) is 5.89 Å². The molecule has 1 heterocycles. The van der Waals surface area contributed by atoms with Gasteiger partial charge < -0.3 is 19.6 Å². The van der Waals surface area contributed by atoms with E-state index < -0.39 is 6.61 Å². The molecule has 0 amide bonds. The Bertz CT molecular complexity index is 621. The molecule has 0 aliphatic rings. The standard InChI is InChI=1S/C15H18F2N2O3.ClH/c1-9(2)7-20-13-5-10(3-4-12(13)22-15(16)17)14-19-11(6-18)8-21-14;/h3-5,8-9,15H,6-7,18H2,1-2H3;1H. The van der Waals surface area contributed by atoms with Crippen molar-refractivity contribution in [2.24, 2.45) is 11.7 Å². The molecule has 0 saturated carbocycles. The molecule has 0 fully saturated rings. The van der Waals surface area contributed by atoms with Crippen LogP contribution in [-0.4, -0.2) is 18.2 Å². The van der Waals surface area contributed by atoms with Crippen LogP contribution in [0.1, 0.15) is 19.5 Å². The zero-order valence-electron chi connectivity index (χ0n) is 12.8. The minimum atomic E-state index is -2.92. The summed E-state index contributed by atoms with van der Waals surface area (Å²) in [5.74, 6) is 0.788. The van der Waals surface area contributed by atoms with Crippen LogP contribution in [0.3, 0.4) is 0 Å². The van der Waals surface area contributed by atoms with E-state index in [9.17, 15) is 8.78 Å². The van der Waals surface area contributed by atoms with Crippen molar-refractivity contribution in [3.8, 4) is 23.0 Å². The van der Waals surface area contributed by atoms with Crippen molar-refractivity contribution >= 4 is 12.4 Å². The maximum atomic E-state index is 12.4. The van der Waals surface area contributed by atoms with Crippen LogP contribution >= 0.6 is 12.4 Å². The number of hydrogen-bond donors (Lipinski definition) is 1. The number of oxazole rings is 1. The van der Waals surface area contributed by atoms with Crippen LogP contribution in [0, 0.1) is 5.92 Å². The summed E-state index contributed by atoms with van der Waals surface area (Å²) in [4.78, 5) is 4.19. The quantitative estimate of drug-likeness (QED) is 0.822. The fraction of sp³-hybridized carbons (Fsp3) is 0.400. The van der Waals surface area contributed by atoms with Crippen LogP contribution in [0.2, 0.25) is 0 Å². The number of aromatic nitrogens is 1. The Balaban J connectivity index is 0.00000264. The molecule has 0 aliphatic carbocycles. The van der Waals surface area contributed by atoms with Gasteiger partial charge in [0.05, 0.1) is 12.3 Å². The summed E-state index contributed by atoms with van der Waals surface area (Å²) in [6.45, 7) is 1.63. The van der Waals surface area contributed by atoms with Gasteiger partial charge in [-0.15, -0.1) is 12.4 Å². The van der Waals surface area contributed by atoms with E-state index in [1.54, 1.807) is 12.1 Å². The first-order valence-electron chi connectivity index (χ1n) is 6.86. The number of rotatable bonds is 7. The van der Waals surface area contributed by atoms with Crippen LogP contribution in [0.25, 0.3) is 11.5 Å². The Morgan fingerprint density at radius 3 is 2.57 bits per heavy atom. The fourth-order valence-corrected chi connectivity index (χ4v) is 1.74. The molecule has 1 aromatic carbocycles. The second-order valence-corrected chi connectivity index (χ2v) is 5.09. The molecule has 0 radical (unpaired) electrons. The first-order valence-corrected chi connectivity index (χ1v) is 6.86. The summed E-state index contributed by atoms with van der Waals surface area (Å²) in [5.41, 5.74) is 6.68. The highest BCUT2D eigenvalue weighted by Crippen LogP contribution is 2.33. The minimum absolute atomic E-state index is 0. The number of alkyl halides is 2. The largest absolute Gasteiger partial charge is 0.489 e. The van der Waals surface area contributed by atoms with Gasteiger partial charge in [0, 0.05) is 12.1 Å². The smallest absolute Gasteiger partial charge is 0.387 e. The minimum Gasteiger partial charge on any atom is -0.489 e. The molecule has 8 heteroatoms. The lowest BCUT2D eigenvalue weighted by Gasteiger charge is -2.14. The second kappa shape index (κ2) is 8.69. The molecule has 0 saturated heterocycles. The van der Waals surface area contributed by atoms with Crippen molar-refractivity contribution in [1.82, 2.24) is 4.98 Å². The number of hydrogen-bond acceptors (Lipinski definition) is 5. The Morgan fingerprint density at radius 2 is 2.00 bits per heavy atom. The molecule has 2 rings (SSSR count). The van der Waals surface area contributed by atoms with E-state index in [-0.39, 0.29) is 36.4 Å². The van der Waals surface area contributed by atoms with Gasteiger partial charge >= 0.3 is 6.61 Å². The van der Waals surface area contributed by atoms with E-state index >= 15 is 0 Å². The van der Waals surface area contributed by atoms with Gasteiger partial charge in [0.25, 0.3) is 0 Å². The third-order valence-electron chi connectivity index (χ3n) is 2.74. The number of halogens is 3. The SMILES string of the molecule is CC(C)COc1cc(-c2nc(CN)co2)ccc1OC(F)F.Cl. The molecule has 0 spiro atoms. The topological polar surface area (TPSA) is 70.5 Å². The van der Waals surface area contributed by atoms with Crippen molar-refractivity contribution in [3.63, 3.8) is 0 Å². The molecule has 0 bridgehead atoms. The third-order valence-corrected chi connectivity index (χ3v) is 2.74. The Kier molecular flexibility index (Phi) is 7.25. The summed E-state index contributed by atoms with van der Waals surface area (Å²) in [6, 6.07) is 4.54. The Morgan fingerprint density at radius 1 is 1.26 bits per heavy atom. The van der Waals surface area contributed by atoms with Crippen molar-refractivity contribution in [3.05, 3.63) is 30.2 Å². The van der Waals surface area contributed by atoms with E-state index in [0.717, 1.165) is 0 Å². The Hall–Kier alpha value is -1.86. The molecule has 0 unspecified atom stereocenters. The predicted molar refractivity (Wildman–Crippen MR) is 84.0 cm³/mol. The molecule has 5 nitrogen and oxygen atoms in total. The van der Waals surface area contributed by atoms with E-state index in [0.29, 0.717) is 23.8 Å². The number of nitrogens with two attached hydrogens (primary N) is 1. The highest BCUT2D eigenvalue weighted by Gasteiger charge is 2.15. The van der Waals surface area contributed by atoms with Crippen molar-refractivity contribution < 1.29 is 22.7 Å². The van der Waals surface area contributed by atoms with Crippen LogP contribution in [-0.2, 0) is 6.54 Å². The van der Waals surface area contributed by atoms with Gasteiger partial charge in [-0.1, -0.05) is 13.8 Å². The first-order chi connectivity index (χ1) is 10.5. The lowest BCUT2D eigenvalue weighted by molar-refractivity contribution is -0.0515. The maximum Gasteiger partial charge on any atom is 0.387 e. The van der Waals surface area contributed by atoms with Gasteiger partial charge in [-0.3, -0.25) is 0 Å². The summed E-state index contributed by atoms with van der Waals surface area (Å²) >= 11 is 0. The highest BCUT2D eigenvalue weighted by atomic mass is 35.5. The predicted octanol–water partition coefficient (Wildman–Crippen LogP) is 3.86. The molecular formula is C15H19ClF2N2O3. The number of nitrogens with zero attached hydrogens (tertiary/aromatic N) is 1. The van der Waals surface area contributed by atoms with E-state index in [1.165, 1.54) is 12.3 Å². The van der Waals surface area contributed by atoms with Gasteiger partial charge in [0.15, 0.2) is 11.5 Å². The lowest BCUT2D eigenvalue weighted by atomic mass is 10.2. The van der Waals surface area contributed by atoms with Crippen LogP contribution in [0.15, 0.2) is 28.9 Å².